The van der Waals surface area contributed by atoms with Gasteiger partial charge < -0.3 is 10.2 Å². The van der Waals surface area contributed by atoms with Crippen LogP contribution in [-0.2, 0) is 11.0 Å². The first-order valence-corrected chi connectivity index (χ1v) is 8.34. The summed E-state index contributed by atoms with van der Waals surface area (Å²) in [6, 6.07) is 9.09. The quantitative estimate of drug-likeness (QED) is 0.736. The molecule has 1 atom stereocenters. The Labute approximate surface area is 155 Å². The topological polar surface area (TPSA) is 75.4 Å². The number of amides is 1. The summed E-state index contributed by atoms with van der Waals surface area (Å²) >= 11 is 5.96. The molecule has 3 aromatic rings. The molecule has 27 heavy (non-hydrogen) atoms. The van der Waals surface area contributed by atoms with E-state index in [1.165, 1.54) is 12.1 Å². The van der Waals surface area contributed by atoms with Gasteiger partial charge in [-0.25, -0.2) is 0 Å². The van der Waals surface area contributed by atoms with Crippen LogP contribution in [0.4, 0.5) is 24.7 Å². The standard InChI is InChI=1S/C16H12ClF3N6O/c17-9-2-1-3-10(8-9)25-7-6-11(14(25)27)21-12-4-5-13-22-23-15(16(18,19)20)26(13)24-12/h1-5,8,11H,6-7H2,(H,21,24). The van der Waals surface area contributed by atoms with Gasteiger partial charge >= 0.3 is 6.18 Å². The van der Waals surface area contributed by atoms with Crippen molar-refractivity contribution in [3.05, 3.63) is 47.2 Å². The molecule has 1 saturated heterocycles. The summed E-state index contributed by atoms with van der Waals surface area (Å²) in [6.07, 6.45) is -4.21. The van der Waals surface area contributed by atoms with Gasteiger partial charge in [0.05, 0.1) is 0 Å². The number of anilines is 2. The van der Waals surface area contributed by atoms with Crippen molar-refractivity contribution in [3.8, 4) is 0 Å². The van der Waals surface area contributed by atoms with Gasteiger partial charge in [0.15, 0.2) is 5.65 Å². The van der Waals surface area contributed by atoms with Crippen LogP contribution in [0.5, 0.6) is 0 Å². The van der Waals surface area contributed by atoms with E-state index in [1.807, 2.05) is 0 Å². The van der Waals surface area contributed by atoms with Crippen LogP contribution in [0, 0.1) is 0 Å². The summed E-state index contributed by atoms with van der Waals surface area (Å²) in [5.41, 5.74) is 0.629. The molecule has 2 aromatic heterocycles. The number of nitrogens with zero attached hydrogens (tertiary/aromatic N) is 5. The highest BCUT2D eigenvalue weighted by Gasteiger charge is 2.38. The Balaban J connectivity index is 1.57. The molecule has 0 bridgehead atoms. The van der Waals surface area contributed by atoms with E-state index in [4.69, 9.17) is 11.6 Å². The number of hydrogen-bond donors (Lipinski definition) is 1. The predicted octanol–water partition coefficient (Wildman–Crippen LogP) is 3.01. The third kappa shape index (κ3) is 3.27. The first kappa shape index (κ1) is 17.5. The summed E-state index contributed by atoms with van der Waals surface area (Å²) in [4.78, 5) is 14.2. The van der Waals surface area contributed by atoms with E-state index in [2.05, 4.69) is 20.6 Å². The molecule has 7 nitrogen and oxygen atoms in total. The molecule has 140 valence electrons. The van der Waals surface area contributed by atoms with Crippen molar-refractivity contribution in [3.63, 3.8) is 0 Å². The lowest BCUT2D eigenvalue weighted by molar-refractivity contribution is -0.146. The van der Waals surface area contributed by atoms with Gasteiger partial charge in [0.1, 0.15) is 11.9 Å². The molecule has 4 rings (SSSR count). The second kappa shape index (κ2) is 6.38. The van der Waals surface area contributed by atoms with E-state index in [9.17, 15) is 18.0 Å². The summed E-state index contributed by atoms with van der Waals surface area (Å²) < 4.78 is 39.5. The van der Waals surface area contributed by atoms with Crippen molar-refractivity contribution in [1.29, 1.82) is 0 Å². The van der Waals surface area contributed by atoms with E-state index in [0.717, 1.165) is 0 Å². The van der Waals surface area contributed by atoms with E-state index < -0.39 is 18.0 Å². The van der Waals surface area contributed by atoms with Crippen LogP contribution in [-0.4, -0.2) is 38.3 Å². The average molecular weight is 397 g/mol. The number of fused-ring (bicyclic) bond motifs is 1. The van der Waals surface area contributed by atoms with Crippen LogP contribution in [0.3, 0.4) is 0 Å². The van der Waals surface area contributed by atoms with Crippen LogP contribution in [0.2, 0.25) is 5.02 Å². The van der Waals surface area contributed by atoms with Crippen LogP contribution in [0.25, 0.3) is 5.65 Å². The Morgan fingerprint density at radius 1 is 1.19 bits per heavy atom. The summed E-state index contributed by atoms with van der Waals surface area (Å²) in [7, 11) is 0. The number of alkyl halides is 3. The van der Waals surface area contributed by atoms with Gasteiger partial charge in [-0.05, 0) is 36.8 Å². The maximum absolute atomic E-state index is 13.0. The van der Waals surface area contributed by atoms with Crippen LogP contribution in [0.1, 0.15) is 12.2 Å². The zero-order valence-electron chi connectivity index (χ0n) is 13.6. The highest BCUT2D eigenvalue weighted by molar-refractivity contribution is 6.31. The molecule has 1 aromatic carbocycles. The van der Waals surface area contributed by atoms with E-state index in [1.54, 1.807) is 29.2 Å². The number of halogens is 4. The first-order valence-electron chi connectivity index (χ1n) is 7.96. The number of carbonyl (C=O) groups excluding carboxylic acids is 1. The molecule has 0 aliphatic carbocycles. The van der Waals surface area contributed by atoms with Crippen molar-refractivity contribution < 1.29 is 18.0 Å². The predicted molar refractivity (Wildman–Crippen MR) is 91.6 cm³/mol. The Morgan fingerprint density at radius 2 is 2.00 bits per heavy atom. The Bertz CT molecular complexity index is 1020. The molecular weight excluding hydrogens is 385 g/mol. The van der Waals surface area contributed by atoms with Gasteiger partial charge in [0.25, 0.3) is 5.82 Å². The molecule has 1 fully saturated rings. The van der Waals surface area contributed by atoms with Gasteiger partial charge in [-0.2, -0.15) is 17.7 Å². The van der Waals surface area contributed by atoms with E-state index >= 15 is 0 Å². The van der Waals surface area contributed by atoms with Crippen molar-refractivity contribution in [2.75, 3.05) is 16.8 Å². The Kier molecular flexibility index (Phi) is 4.14. The third-order valence-electron chi connectivity index (χ3n) is 4.16. The minimum atomic E-state index is -4.68. The number of hydrogen-bond acceptors (Lipinski definition) is 5. The van der Waals surface area contributed by atoms with Crippen molar-refractivity contribution in [1.82, 2.24) is 19.8 Å². The van der Waals surface area contributed by atoms with E-state index in [0.29, 0.717) is 28.2 Å². The highest BCUT2D eigenvalue weighted by Crippen LogP contribution is 2.28. The molecule has 1 aliphatic rings. The largest absolute Gasteiger partial charge is 0.453 e. The maximum Gasteiger partial charge on any atom is 0.453 e. The molecule has 1 amide bonds. The van der Waals surface area contributed by atoms with Crippen LogP contribution >= 0.6 is 11.6 Å². The third-order valence-corrected chi connectivity index (χ3v) is 4.40. The number of carbonyl (C=O) groups is 1. The second-order valence-electron chi connectivity index (χ2n) is 5.97. The van der Waals surface area contributed by atoms with E-state index in [-0.39, 0.29) is 17.4 Å². The normalized spacial score (nSPS) is 17.7. The molecule has 1 aliphatic heterocycles. The lowest BCUT2D eigenvalue weighted by Crippen LogP contribution is -2.33. The minimum Gasteiger partial charge on any atom is -0.357 e. The number of nitrogens with one attached hydrogen (secondary N) is 1. The fourth-order valence-electron chi connectivity index (χ4n) is 2.94. The molecule has 3 heterocycles. The first-order chi connectivity index (χ1) is 12.8. The lowest BCUT2D eigenvalue weighted by atomic mass is 10.2. The van der Waals surface area contributed by atoms with Crippen molar-refractivity contribution in [2.45, 2.75) is 18.6 Å². The lowest BCUT2D eigenvalue weighted by Gasteiger charge is -2.17. The van der Waals surface area contributed by atoms with Gasteiger partial charge in [0, 0.05) is 17.3 Å². The smallest absolute Gasteiger partial charge is 0.357 e. The average Bonchev–Trinajstić information content (AvgIpc) is 3.19. The monoisotopic (exact) mass is 396 g/mol. The molecule has 1 N–H and O–H groups in total. The fourth-order valence-corrected chi connectivity index (χ4v) is 3.12. The highest BCUT2D eigenvalue weighted by atomic mass is 35.5. The van der Waals surface area contributed by atoms with Gasteiger partial charge in [-0.15, -0.1) is 15.3 Å². The summed E-state index contributed by atoms with van der Waals surface area (Å²) in [6.45, 7) is 0.458. The molecule has 1 unspecified atom stereocenters. The number of benzene rings is 1. The molecular formula is C16H12ClF3N6O. The van der Waals surface area contributed by atoms with Crippen molar-refractivity contribution in [2.24, 2.45) is 0 Å². The van der Waals surface area contributed by atoms with Gasteiger partial charge in [0.2, 0.25) is 5.91 Å². The molecule has 0 spiro atoms. The summed E-state index contributed by atoms with van der Waals surface area (Å²) in [5.74, 6) is -1.31. The Morgan fingerprint density at radius 3 is 2.74 bits per heavy atom. The molecule has 11 heteroatoms. The molecule has 0 radical (unpaired) electrons. The van der Waals surface area contributed by atoms with Crippen LogP contribution in [0.15, 0.2) is 36.4 Å². The van der Waals surface area contributed by atoms with Gasteiger partial charge in [-0.3, -0.25) is 4.79 Å². The molecule has 0 saturated carbocycles. The summed E-state index contributed by atoms with van der Waals surface area (Å²) in [5, 5.41) is 13.8. The minimum absolute atomic E-state index is 0.0359. The number of rotatable bonds is 3. The van der Waals surface area contributed by atoms with Crippen molar-refractivity contribution >= 4 is 34.7 Å². The SMILES string of the molecule is O=C1C(Nc2ccc3nnc(C(F)(F)F)n3n2)CCN1c1cccc(Cl)c1. The zero-order valence-corrected chi connectivity index (χ0v) is 14.4. The maximum atomic E-state index is 13.0. The second-order valence-corrected chi connectivity index (χ2v) is 6.40. The fraction of sp³-hybridized carbons (Fsp3) is 0.250. The Hall–Kier alpha value is -2.88. The van der Waals surface area contributed by atoms with Gasteiger partial charge in [-0.1, -0.05) is 17.7 Å². The van der Waals surface area contributed by atoms with Crippen LogP contribution < -0.4 is 10.2 Å². The zero-order chi connectivity index (χ0) is 19.2. The number of aromatic nitrogens is 4.